The number of hydrogen-bond acceptors (Lipinski definition) is 4. The van der Waals surface area contributed by atoms with Crippen LogP contribution >= 0.6 is 23.7 Å². The molecule has 4 aliphatic heterocycles. The maximum atomic E-state index is 13.1. The summed E-state index contributed by atoms with van der Waals surface area (Å²) in [7, 11) is 0. The lowest BCUT2D eigenvalue weighted by atomic mass is 9.72. The van der Waals surface area contributed by atoms with Gasteiger partial charge >= 0.3 is 0 Å². The molecule has 4 aliphatic rings. The van der Waals surface area contributed by atoms with Crippen LogP contribution in [0.4, 0.5) is 0 Å². The van der Waals surface area contributed by atoms with Gasteiger partial charge in [-0.1, -0.05) is 0 Å². The molecule has 0 aliphatic carbocycles. The van der Waals surface area contributed by atoms with Gasteiger partial charge in [-0.15, -0.1) is 23.7 Å². The second-order valence-corrected chi connectivity index (χ2v) is 9.50. The minimum Gasteiger partial charge on any atom is -0.493 e. The number of piperidine rings is 3. The van der Waals surface area contributed by atoms with E-state index in [9.17, 15) is 4.79 Å². The van der Waals surface area contributed by atoms with E-state index in [1.54, 1.807) is 11.3 Å². The number of carbonyl (C=O) groups is 1. The maximum absolute atomic E-state index is 13.1. The molecule has 2 aromatic rings. The Hall–Kier alpha value is -1.30. The summed E-state index contributed by atoms with van der Waals surface area (Å²) in [5.41, 5.74) is 1.32. The van der Waals surface area contributed by atoms with Gasteiger partial charge in [0.15, 0.2) is 0 Å². The molecule has 3 fully saturated rings. The highest BCUT2D eigenvalue weighted by Crippen LogP contribution is 2.40. The molecule has 3 saturated heterocycles. The number of halogens is 1. The molecule has 0 saturated carbocycles. The smallest absolute Gasteiger partial charge is 0.261 e. The summed E-state index contributed by atoms with van der Waals surface area (Å²) in [6, 6.07) is 6.44. The summed E-state index contributed by atoms with van der Waals surface area (Å²) < 4.78 is 7.01. The Labute approximate surface area is 170 Å². The predicted octanol–water partition coefficient (Wildman–Crippen LogP) is 4.25. The second-order valence-electron chi connectivity index (χ2n) is 8.45. The highest BCUT2D eigenvalue weighted by Gasteiger charge is 2.48. The van der Waals surface area contributed by atoms with Crippen LogP contribution in [-0.2, 0) is 6.42 Å². The molecule has 1 aromatic carbocycles. The maximum Gasteiger partial charge on any atom is 0.261 e. The third kappa shape index (κ3) is 3.04. The number of ether oxygens (including phenoxy) is 1. The number of carbonyl (C=O) groups excluding carboxylic acids is 1. The monoisotopic (exact) mass is 406 g/mol. The van der Waals surface area contributed by atoms with Gasteiger partial charge in [0.2, 0.25) is 0 Å². The van der Waals surface area contributed by atoms with Crippen molar-refractivity contribution in [1.29, 1.82) is 0 Å². The van der Waals surface area contributed by atoms with E-state index in [0.29, 0.717) is 5.92 Å². The largest absolute Gasteiger partial charge is 0.493 e. The lowest BCUT2D eigenvalue weighted by Gasteiger charge is -2.56. The van der Waals surface area contributed by atoms with Crippen molar-refractivity contribution in [1.82, 2.24) is 10.2 Å². The zero-order valence-corrected chi connectivity index (χ0v) is 17.5. The first-order valence-corrected chi connectivity index (χ1v) is 10.6. The number of thiophene rings is 1. The van der Waals surface area contributed by atoms with Gasteiger partial charge in [-0.2, -0.15) is 0 Å². The van der Waals surface area contributed by atoms with E-state index in [1.165, 1.54) is 36.2 Å². The molecule has 1 atom stereocenters. The minimum absolute atomic E-state index is 0. The molecular formula is C21H27ClN2O2S. The Morgan fingerprint density at radius 1 is 1.30 bits per heavy atom. The number of amides is 1. The highest BCUT2D eigenvalue weighted by molar-refractivity contribution is 7.21. The number of aryl methyl sites for hydroxylation is 1. The second kappa shape index (κ2) is 6.94. The van der Waals surface area contributed by atoms with Crippen LogP contribution in [0.2, 0.25) is 0 Å². The molecular weight excluding hydrogens is 380 g/mol. The molecule has 1 N–H and O–H groups in total. The standard InChI is InChI=1S/C21H26N2O2S.ClH/c1-21(2)19(13-7-9-23(21)10-8-13)22-20(24)17-12-14-5-6-16-15(18(14)26-17)4-3-11-25-16;/h5-6,12-13,19H,3-4,7-11H2,1-2H3,(H,22,24);1H. The average Bonchev–Trinajstić information content (AvgIpc) is 3.10. The van der Waals surface area contributed by atoms with Crippen LogP contribution in [0.3, 0.4) is 0 Å². The molecule has 1 unspecified atom stereocenters. The van der Waals surface area contributed by atoms with E-state index in [4.69, 9.17) is 4.74 Å². The zero-order chi connectivity index (χ0) is 17.9. The number of fused-ring (bicyclic) bond motifs is 6. The van der Waals surface area contributed by atoms with Crippen molar-refractivity contribution in [2.75, 3.05) is 19.7 Å². The Morgan fingerprint density at radius 2 is 2.07 bits per heavy atom. The summed E-state index contributed by atoms with van der Waals surface area (Å²) in [6.07, 6.45) is 4.50. The van der Waals surface area contributed by atoms with Crippen LogP contribution in [0, 0.1) is 5.92 Å². The summed E-state index contributed by atoms with van der Waals surface area (Å²) in [5, 5.41) is 4.56. The molecule has 6 rings (SSSR count). The summed E-state index contributed by atoms with van der Waals surface area (Å²) in [5.74, 6) is 1.69. The first-order chi connectivity index (χ1) is 12.5. The molecule has 0 spiro atoms. The molecule has 146 valence electrons. The molecule has 5 heterocycles. The zero-order valence-electron chi connectivity index (χ0n) is 15.9. The van der Waals surface area contributed by atoms with Gasteiger partial charge in [0.1, 0.15) is 5.75 Å². The quantitative estimate of drug-likeness (QED) is 0.810. The van der Waals surface area contributed by atoms with Crippen molar-refractivity contribution in [2.24, 2.45) is 5.92 Å². The molecule has 27 heavy (non-hydrogen) atoms. The Bertz CT molecular complexity index is 870. The van der Waals surface area contributed by atoms with Crippen molar-refractivity contribution >= 4 is 39.7 Å². The van der Waals surface area contributed by atoms with Crippen molar-refractivity contribution < 1.29 is 9.53 Å². The molecule has 4 nitrogen and oxygen atoms in total. The third-order valence-electron chi connectivity index (χ3n) is 6.67. The van der Waals surface area contributed by atoms with E-state index in [-0.39, 0.29) is 29.9 Å². The predicted molar refractivity (Wildman–Crippen MR) is 113 cm³/mol. The number of rotatable bonds is 2. The average molecular weight is 407 g/mol. The number of hydrogen-bond donors (Lipinski definition) is 1. The van der Waals surface area contributed by atoms with Crippen molar-refractivity contribution in [3.05, 3.63) is 28.6 Å². The lowest BCUT2D eigenvalue weighted by Crippen LogP contribution is -2.69. The van der Waals surface area contributed by atoms with Crippen molar-refractivity contribution in [3.8, 4) is 5.75 Å². The van der Waals surface area contributed by atoms with Crippen LogP contribution in [-0.4, -0.2) is 42.1 Å². The minimum atomic E-state index is 0. The van der Waals surface area contributed by atoms with Crippen molar-refractivity contribution in [3.63, 3.8) is 0 Å². The van der Waals surface area contributed by atoms with Crippen LogP contribution in [0.5, 0.6) is 5.75 Å². The van der Waals surface area contributed by atoms with Gasteiger partial charge in [-0.05, 0) is 82.1 Å². The number of nitrogens with one attached hydrogen (secondary N) is 1. The first-order valence-electron chi connectivity index (χ1n) is 9.78. The summed E-state index contributed by atoms with van der Waals surface area (Å²) in [6.45, 7) is 7.69. The highest BCUT2D eigenvalue weighted by atomic mass is 35.5. The third-order valence-corrected chi connectivity index (χ3v) is 7.88. The fraction of sp³-hybridized carbons (Fsp3) is 0.571. The number of nitrogens with zero attached hydrogens (tertiary/aromatic N) is 1. The summed E-state index contributed by atoms with van der Waals surface area (Å²) >= 11 is 1.62. The van der Waals surface area contributed by atoms with E-state index in [1.807, 2.05) is 0 Å². The fourth-order valence-electron chi connectivity index (χ4n) is 5.15. The van der Waals surface area contributed by atoms with Gasteiger partial charge in [-0.25, -0.2) is 0 Å². The molecule has 1 aromatic heterocycles. The molecule has 2 bridgehead atoms. The van der Waals surface area contributed by atoms with Gasteiger partial charge in [0.25, 0.3) is 5.91 Å². The van der Waals surface area contributed by atoms with E-state index < -0.39 is 0 Å². The Balaban J connectivity index is 0.00000180. The molecule has 6 heteroatoms. The van der Waals surface area contributed by atoms with Gasteiger partial charge in [0, 0.05) is 21.8 Å². The summed E-state index contributed by atoms with van der Waals surface area (Å²) in [4.78, 5) is 16.4. The first kappa shape index (κ1) is 19.0. The van der Waals surface area contributed by atoms with Crippen LogP contribution in [0.15, 0.2) is 18.2 Å². The van der Waals surface area contributed by atoms with Gasteiger partial charge < -0.3 is 10.1 Å². The van der Waals surface area contributed by atoms with Crippen LogP contribution in [0.1, 0.15) is 48.3 Å². The Morgan fingerprint density at radius 3 is 2.81 bits per heavy atom. The topological polar surface area (TPSA) is 41.6 Å². The van der Waals surface area contributed by atoms with E-state index in [2.05, 4.69) is 42.3 Å². The van der Waals surface area contributed by atoms with Crippen LogP contribution < -0.4 is 10.1 Å². The lowest BCUT2D eigenvalue weighted by molar-refractivity contribution is -0.0377. The SMILES string of the molecule is CC1(C)C(NC(=O)c2cc3ccc4c(c3s2)CCCO4)C2CCN1CC2.Cl. The number of benzene rings is 1. The molecule has 1 amide bonds. The van der Waals surface area contributed by atoms with E-state index in [0.717, 1.165) is 35.5 Å². The fourth-order valence-corrected chi connectivity index (χ4v) is 6.28. The Kier molecular flexibility index (Phi) is 4.90. The van der Waals surface area contributed by atoms with Crippen molar-refractivity contribution in [2.45, 2.75) is 51.1 Å². The van der Waals surface area contributed by atoms with Gasteiger partial charge in [0.05, 0.1) is 11.5 Å². The van der Waals surface area contributed by atoms with E-state index >= 15 is 0 Å². The van der Waals surface area contributed by atoms with Crippen LogP contribution in [0.25, 0.3) is 10.1 Å². The normalized spacial score (nSPS) is 28.1. The molecule has 0 radical (unpaired) electrons. The van der Waals surface area contributed by atoms with Gasteiger partial charge in [-0.3, -0.25) is 9.69 Å².